The molecule has 3 aromatic rings. The minimum absolute atomic E-state index is 0.00791. The van der Waals surface area contributed by atoms with Crippen LogP contribution in [0, 0.1) is 11.8 Å². The number of nitrogens with one attached hydrogen (secondary N) is 1. The van der Waals surface area contributed by atoms with Crippen molar-refractivity contribution >= 4 is 28.8 Å². The Balaban J connectivity index is 1.27. The van der Waals surface area contributed by atoms with Crippen LogP contribution in [-0.2, 0) is 22.1 Å². The van der Waals surface area contributed by atoms with Crippen molar-refractivity contribution in [1.29, 1.82) is 0 Å². The Morgan fingerprint density at radius 1 is 1.31 bits per heavy atom. The van der Waals surface area contributed by atoms with Crippen LogP contribution in [0.5, 0.6) is 5.75 Å². The molecule has 9 nitrogen and oxygen atoms in total. The number of benzene rings is 1. The molecule has 1 fully saturated rings. The number of carbonyl (C=O) groups is 2. The van der Waals surface area contributed by atoms with Gasteiger partial charge < -0.3 is 24.8 Å². The van der Waals surface area contributed by atoms with Crippen LogP contribution < -0.4 is 15.0 Å². The van der Waals surface area contributed by atoms with Crippen molar-refractivity contribution in [3.8, 4) is 17.6 Å². The van der Waals surface area contributed by atoms with E-state index in [1.165, 1.54) is 22.5 Å². The summed E-state index contributed by atoms with van der Waals surface area (Å²) in [6.07, 6.45) is -3.08. The molecule has 4 heterocycles. The fourth-order valence-electron chi connectivity index (χ4n) is 3.90. The number of aromatic nitrogens is 2. The van der Waals surface area contributed by atoms with Crippen LogP contribution in [0.4, 0.5) is 18.9 Å². The Kier molecular flexibility index (Phi) is 7.02. The number of fused-ring (bicyclic) bond motifs is 1. The second-order valence-corrected chi connectivity index (χ2v) is 9.92. The van der Waals surface area contributed by atoms with Crippen molar-refractivity contribution < 1.29 is 37.3 Å². The normalized spacial score (nSPS) is 18.1. The first-order chi connectivity index (χ1) is 18.5. The van der Waals surface area contributed by atoms with Gasteiger partial charge in [-0.3, -0.25) is 14.6 Å². The molecule has 0 saturated carbocycles. The summed E-state index contributed by atoms with van der Waals surface area (Å²) in [5.41, 5.74) is 0.569. The van der Waals surface area contributed by atoms with Crippen LogP contribution in [-0.4, -0.2) is 65.4 Å². The van der Waals surface area contributed by atoms with E-state index >= 15 is 0 Å². The van der Waals surface area contributed by atoms with E-state index in [9.17, 15) is 27.9 Å². The average Bonchev–Trinajstić information content (AvgIpc) is 3.33. The van der Waals surface area contributed by atoms with Crippen molar-refractivity contribution in [3.63, 3.8) is 0 Å². The summed E-state index contributed by atoms with van der Waals surface area (Å²) in [5.74, 6) is 4.98. The number of hydrogen-bond donors (Lipinski definition) is 2. The molecule has 2 aliphatic rings. The summed E-state index contributed by atoms with van der Waals surface area (Å²) >= 11 is 0.504. The van der Waals surface area contributed by atoms with Gasteiger partial charge in [-0.15, -0.1) is 11.3 Å². The van der Waals surface area contributed by atoms with E-state index in [1.54, 1.807) is 31.3 Å². The molecule has 13 heteroatoms. The summed E-state index contributed by atoms with van der Waals surface area (Å²) in [6.45, 7) is 0.133. The SMILES string of the molecule is CN1C(=O)C(NC(=O)c2cc(Cc3csc(C(F)(F)F)n3)ccn2)COc2ccc(C#CC3(O)COC3)cc21. The van der Waals surface area contributed by atoms with E-state index in [0.29, 0.717) is 33.9 Å². The topological polar surface area (TPSA) is 114 Å². The van der Waals surface area contributed by atoms with E-state index in [-0.39, 0.29) is 37.6 Å². The minimum Gasteiger partial charge on any atom is -0.489 e. The molecule has 39 heavy (non-hydrogen) atoms. The van der Waals surface area contributed by atoms with Crippen molar-refractivity contribution in [2.45, 2.75) is 24.2 Å². The van der Waals surface area contributed by atoms with Gasteiger partial charge in [0.1, 0.15) is 24.1 Å². The first-order valence-corrected chi connectivity index (χ1v) is 12.5. The summed E-state index contributed by atoms with van der Waals surface area (Å²) in [7, 11) is 1.54. The van der Waals surface area contributed by atoms with Gasteiger partial charge in [0.05, 0.1) is 24.6 Å². The number of carbonyl (C=O) groups excluding carboxylic acids is 2. The lowest BCUT2D eigenvalue weighted by molar-refractivity contribution is -0.140. The highest BCUT2D eigenvalue weighted by molar-refractivity contribution is 7.09. The molecule has 1 saturated heterocycles. The Morgan fingerprint density at radius 3 is 2.79 bits per heavy atom. The highest BCUT2D eigenvalue weighted by atomic mass is 32.1. The van der Waals surface area contributed by atoms with Crippen LogP contribution >= 0.6 is 11.3 Å². The minimum atomic E-state index is -4.52. The number of hydrogen-bond acceptors (Lipinski definition) is 8. The first kappa shape index (κ1) is 26.6. The maximum atomic E-state index is 13.2. The molecule has 2 aliphatic heterocycles. The molecule has 0 radical (unpaired) electrons. The number of anilines is 1. The number of alkyl halides is 3. The van der Waals surface area contributed by atoms with E-state index in [1.807, 2.05) is 0 Å². The monoisotopic (exact) mass is 558 g/mol. The zero-order valence-electron chi connectivity index (χ0n) is 20.4. The molecule has 2 amide bonds. The first-order valence-electron chi connectivity index (χ1n) is 11.7. The summed E-state index contributed by atoms with van der Waals surface area (Å²) in [6, 6.07) is 6.99. The third-order valence-electron chi connectivity index (χ3n) is 6.02. The molecule has 1 aromatic carbocycles. The van der Waals surface area contributed by atoms with Crippen molar-refractivity contribution in [1.82, 2.24) is 15.3 Å². The fraction of sp³-hybridized carbons (Fsp3) is 0.308. The molecule has 202 valence electrons. The number of ether oxygens (including phenoxy) is 2. The van der Waals surface area contributed by atoms with Crippen LogP contribution in [0.3, 0.4) is 0 Å². The number of aliphatic hydroxyl groups is 1. The van der Waals surface area contributed by atoms with Gasteiger partial charge in [0.2, 0.25) is 0 Å². The van der Waals surface area contributed by atoms with Crippen LogP contribution in [0.15, 0.2) is 41.9 Å². The van der Waals surface area contributed by atoms with Gasteiger partial charge in [-0.2, -0.15) is 13.2 Å². The van der Waals surface area contributed by atoms with Gasteiger partial charge in [0.25, 0.3) is 11.8 Å². The third-order valence-corrected chi connectivity index (χ3v) is 6.95. The standard InChI is InChI=1S/C26H21F3N4O5S/c1-33-20-10-15(4-6-25(36)13-37-14-25)2-3-21(20)38-11-19(23(33)35)32-22(34)18-9-16(5-7-30-18)8-17-12-39-24(31-17)26(27,28)29/h2-3,5,7,9-10,12,19,36H,8,11,13-14H2,1H3,(H,32,34). The van der Waals surface area contributed by atoms with E-state index in [0.717, 1.165) is 0 Å². The Morgan fingerprint density at radius 2 is 2.10 bits per heavy atom. The van der Waals surface area contributed by atoms with Crippen molar-refractivity contribution in [2.24, 2.45) is 0 Å². The molecule has 5 rings (SSSR count). The number of pyridine rings is 1. The van der Waals surface area contributed by atoms with Gasteiger partial charge in [0.15, 0.2) is 10.6 Å². The highest BCUT2D eigenvalue weighted by Gasteiger charge is 2.35. The molecule has 1 atom stereocenters. The lowest BCUT2D eigenvalue weighted by Crippen LogP contribution is -2.49. The number of amides is 2. The van der Waals surface area contributed by atoms with Gasteiger partial charge in [-0.1, -0.05) is 11.8 Å². The summed E-state index contributed by atoms with van der Waals surface area (Å²) < 4.78 is 49.3. The number of likely N-dealkylation sites (N-methyl/N-ethyl adjacent to an activating group) is 1. The zero-order chi connectivity index (χ0) is 27.8. The van der Waals surface area contributed by atoms with Crippen LogP contribution in [0.2, 0.25) is 0 Å². The summed E-state index contributed by atoms with van der Waals surface area (Å²) in [4.78, 5) is 35.1. The second kappa shape index (κ2) is 10.3. The van der Waals surface area contributed by atoms with Crippen LogP contribution in [0.25, 0.3) is 0 Å². The third kappa shape index (κ3) is 5.88. The van der Waals surface area contributed by atoms with Gasteiger partial charge in [0, 0.05) is 30.6 Å². The zero-order valence-corrected chi connectivity index (χ0v) is 21.2. The Bertz CT molecular complexity index is 1490. The number of thiazole rings is 1. The van der Waals surface area contributed by atoms with Crippen molar-refractivity contribution in [2.75, 3.05) is 31.8 Å². The number of rotatable bonds is 4. The average molecular weight is 559 g/mol. The quantitative estimate of drug-likeness (QED) is 0.473. The second-order valence-electron chi connectivity index (χ2n) is 9.06. The predicted molar refractivity (Wildman–Crippen MR) is 133 cm³/mol. The van der Waals surface area contributed by atoms with Gasteiger partial charge in [-0.25, -0.2) is 4.98 Å². The molecule has 2 N–H and O–H groups in total. The molecule has 1 unspecified atom stereocenters. The predicted octanol–water partition coefficient (Wildman–Crippen LogP) is 2.41. The maximum absolute atomic E-state index is 13.2. The van der Waals surface area contributed by atoms with E-state index < -0.39 is 34.6 Å². The smallest absolute Gasteiger partial charge is 0.443 e. The molecule has 0 bridgehead atoms. The molecular formula is C26H21F3N4O5S. The van der Waals surface area contributed by atoms with E-state index in [2.05, 4.69) is 27.1 Å². The van der Waals surface area contributed by atoms with Crippen molar-refractivity contribution in [3.05, 3.63) is 69.4 Å². The molecule has 0 spiro atoms. The maximum Gasteiger partial charge on any atom is 0.443 e. The van der Waals surface area contributed by atoms with Crippen LogP contribution in [0.1, 0.15) is 32.3 Å². The van der Waals surface area contributed by atoms with E-state index in [4.69, 9.17) is 9.47 Å². The lowest BCUT2D eigenvalue weighted by Gasteiger charge is -2.30. The number of nitrogens with zero attached hydrogens (tertiary/aromatic N) is 3. The highest BCUT2D eigenvalue weighted by Crippen LogP contribution is 2.33. The summed E-state index contributed by atoms with van der Waals surface area (Å²) in [5, 5.41) is 13.1. The Labute approximate surface area is 224 Å². The number of halogens is 3. The molecule has 2 aromatic heterocycles. The largest absolute Gasteiger partial charge is 0.489 e. The molecule has 0 aliphatic carbocycles. The fourth-order valence-corrected chi connectivity index (χ4v) is 4.59. The lowest BCUT2D eigenvalue weighted by atomic mass is 10.0. The Hall–Kier alpha value is -3.99. The van der Waals surface area contributed by atoms with Gasteiger partial charge in [-0.05, 0) is 35.9 Å². The van der Waals surface area contributed by atoms with Gasteiger partial charge >= 0.3 is 6.18 Å². The molecular weight excluding hydrogens is 537 g/mol.